The van der Waals surface area contributed by atoms with Crippen molar-refractivity contribution >= 4 is 5.91 Å². The van der Waals surface area contributed by atoms with Gasteiger partial charge in [-0.15, -0.1) is 0 Å². The smallest absolute Gasteiger partial charge is 0.261 e. The fourth-order valence-corrected chi connectivity index (χ4v) is 3.44. The zero-order valence-corrected chi connectivity index (χ0v) is 15.1. The van der Waals surface area contributed by atoms with E-state index in [0.717, 1.165) is 31.5 Å². The Labute approximate surface area is 153 Å². The van der Waals surface area contributed by atoms with Crippen LogP contribution in [-0.2, 0) is 11.8 Å². The van der Waals surface area contributed by atoms with Crippen LogP contribution in [0.3, 0.4) is 0 Å². The minimum atomic E-state index is -0.0524. The van der Waals surface area contributed by atoms with E-state index < -0.39 is 0 Å². The molecule has 6 nitrogen and oxygen atoms in total. The summed E-state index contributed by atoms with van der Waals surface area (Å²) in [4.78, 5) is 14.7. The largest absolute Gasteiger partial charge is 0.493 e. The maximum atomic E-state index is 12.8. The highest BCUT2D eigenvalue weighted by Gasteiger charge is 2.29. The first-order valence-corrected chi connectivity index (χ1v) is 8.75. The number of ether oxygens (including phenoxy) is 2. The van der Waals surface area contributed by atoms with Crippen LogP contribution >= 0.6 is 0 Å². The van der Waals surface area contributed by atoms with Crippen molar-refractivity contribution in [1.29, 1.82) is 5.26 Å². The minimum Gasteiger partial charge on any atom is -0.493 e. The number of nitriles is 1. The van der Waals surface area contributed by atoms with E-state index in [4.69, 9.17) is 14.7 Å². The average Bonchev–Trinajstić information content (AvgIpc) is 3.11. The van der Waals surface area contributed by atoms with Crippen LogP contribution in [0, 0.1) is 11.3 Å². The number of piperidine rings is 1. The molecule has 1 aromatic carbocycles. The summed E-state index contributed by atoms with van der Waals surface area (Å²) in [5.74, 6) is 0.879. The van der Waals surface area contributed by atoms with Gasteiger partial charge in [0.25, 0.3) is 5.91 Å². The van der Waals surface area contributed by atoms with Gasteiger partial charge in [0.05, 0.1) is 24.8 Å². The fourth-order valence-electron chi connectivity index (χ4n) is 3.44. The molecule has 136 valence electrons. The average molecular weight is 353 g/mol. The van der Waals surface area contributed by atoms with Crippen molar-refractivity contribution in [2.24, 2.45) is 7.05 Å². The second kappa shape index (κ2) is 7.96. The molecule has 0 radical (unpaired) electrons. The van der Waals surface area contributed by atoms with Gasteiger partial charge in [-0.25, -0.2) is 0 Å². The first kappa shape index (κ1) is 17.9. The molecule has 3 rings (SSSR count). The van der Waals surface area contributed by atoms with Crippen molar-refractivity contribution in [3.63, 3.8) is 0 Å². The molecule has 1 fully saturated rings. The van der Waals surface area contributed by atoms with Crippen LogP contribution in [0.2, 0.25) is 0 Å². The summed E-state index contributed by atoms with van der Waals surface area (Å²) in [6.45, 7) is 0.686. The molecule has 0 saturated carbocycles. The summed E-state index contributed by atoms with van der Waals surface area (Å²) in [6.07, 6.45) is 5.09. The van der Waals surface area contributed by atoms with Gasteiger partial charge in [-0.1, -0.05) is 0 Å². The topological polar surface area (TPSA) is 67.5 Å². The highest BCUT2D eigenvalue weighted by Crippen LogP contribution is 2.32. The fraction of sp³-hybridized carbons (Fsp3) is 0.400. The Balaban J connectivity index is 1.71. The van der Waals surface area contributed by atoms with E-state index in [1.54, 1.807) is 18.2 Å². The van der Waals surface area contributed by atoms with E-state index in [1.165, 1.54) is 7.11 Å². The molecular weight excluding hydrogens is 330 g/mol. The molecular formula is C20H23N3O3. The maximum Gasteiger partial charge on any atom is 0.261 e. The lowest BCUT2D eigenvalue weighted by Crippen LogP contribution is -2.41. The molecule has 1 aromatic heterocycles. The Kier molecular flexibility index (Phi) is 5.47. The van der Waals surface area contributed by atoms with Crippen molar-refractivity contribution in [2.45, 2.75) is 25.3 Å². The van der Waals surface area contributed by atoms with Gasteiger partial charge in [0.2, 0.25) is 0 Å². The summed E-state index contributed by atoms with van der Waals surface area (Å²) in [5.41, 5.74) is 1.63. The Morgan fingerprint density at radius 3 is 2.85 bits per heavy atom. The molecule has 1 atom stereocenters. The number of methoxy groups -OCH3 is 1. The quantitative estimate of drug-likeness (QED) is 0.829. The van der Waals surface area contributed by atoms with Gasteiger partial charge in [0.1, 0.15) is 0 Å². The van der Waals surface area contributed by atoms with Crippen molar-refractivity contribution in [1.82, 2.24) is 9.47 Å². The molecule has 1 aliphatic rings. The number of benzene rings is 1. The number of aryl methyl sites for hydroxylation is 1. The van der Waals surface area contributed by atoms with Gasteiger partial charge >= 0.3 is 0 Å². The monoisotopic (exact) mass is 353 g/mol. The molecule has 1 saturated heterocycles. The second-order valence-corrected chi connectivity index (χ2v) is 6.41. The van der Waals surface area contributed by atoms with E-state index in [9.17, 15) is 4.79 Å². The second-order valence-electron chi connectivity index (χ2n) is 6.41. The Morgan fingerprint density at radius 1 is 1.31 bits per heavy atom. The van der Waals surface area contributed by atoms with Gasteiger partial charge in [-0.05, 0) is 43.5 Å². The lowest BCUT2D eigenvalue weighted by molar-refractivity contribution is -0.137. The predicted molar refractivity (Wildman–Crippen MR) is 96.9 cm³/mol. The van der Waals surface area contributed by atoms with E-state index in [2.05, 4.69) is 16.7 Å². The highest BCUT2D eigenvalue weighted by molar-refractivity contribution is 5.78. The van der Waals surface area contributed by atoms with Crippen LogP contribution < -0.4 is 9.47 Å². The van der Waals surface area contributed by atoms with Gasteiger partial charge in [-0.2, -0.15) is 5.26 Å². The molecule has 0 spiro atoms. The normalized spacial score (nSPS) is 16.8. The van der Waals surface area contributed by atoms with E-state index in [0.29, 0.717) is 17.1 Å². The number of hydrogen-bond acceptors (Lipinski definition) is 4. The Hall–Kier alpha value is -2.94. The molecule has 26 heavy (non-hydrogen) atoms. The summed E-state index contributed by atoms with van der Waals surface area (Å²) >= 11 is 0. The van der Waals surface area contributed by atoms with Gasteiger partial charge in [-0.3, -0.25) is 4.79 Å². The third-order valence-corrected chi connectivity index (χ3v) is 4.79. The Morgan fingerprint density at radius 2 is 2.15 bits per heavy atom. The third kappa shape index (κ3) is 3.67. The number of carbonyl (C=O) groups is 1. The first-order chi connectivity index (χ1) is 12.6. The lowest BCUT2D eigenvalue weighted by atomic mass is 9.99. The minimum absolute atomic E-state index is 0.0395. The van der Waals surface area contributed by atoms with E-state index in [-0.39, 0.29) is 18.6 Å². The number of rotatable bonds is 5. The lowest BCUT2D eigenvalue weighted by Gasteiger charge is -2.36. The Bertz CT molecular complexity index is 822. The molecule has 0 aliphatic carbocycles. The van der Waals surface area contributed by atoms with Crippen LogP contribution in [0.1, 0.15) is 36.6 Å². The maximum absolute atomic E-state index is 12.8. The number of amides is 1. The zero-order valence-electron chi connectivity index (χ0n) is 15.1. The molecule has 2 aromatic rings. The highest BCUT2D eigenvalue weighted by atomic mass is 16.5. The standard InChI is InChI=1S/C20H23N3O3/c1-22-10-5-7-16(22)17-6-3-4-11-23(17)20(24)14-26-18-9-8-15(13-21)12-19(18)25-2/h5,7-10,12,17H,3-4,6,11,14H2,1-2H3. The predicted octanol–water partition coefficient (Wildman–Crippen LogP) is 3.04. The number of carbonyl (C=O) groups excluding carboxylic acids is 1. The van der Waals surface area contributed by atoms with Crippen molar-refractivity contribution in [3.05, 3.63) is 47.8 Å². The van der Waals surface area contributed by atoms with E-state index in [1.807, 2.05) is 24.2 Å². The van der Waals surface area contributed by atoms with Crippen molar-refractivity contribution < 1.29 is 14.3 Å². The summed E-state index contributed by atoms with van der Waals surface area (Å²) in [7, 11) is 3.52. The van der Waals surface area contributed by atoms with Crippen LogP contribution in [0.5, 0.6) is 11.5 Å². The summed E-state index contributed by atoms with van der Waals surface area (Å²) < 4.78 is 13.0. The molecule has 0 bridgehead atoms. The summed E-state index contributed by atoms with van der Waals surface area (Å²) in [6, 6.07) is 11.1. The molecule has 0 N–H and O–H groups in total. The molecule has 6 heteroatoms. The zero-order chi connectivity index (χ0) is 18.5. The van der Waals surface area contributed by atoms with Gasteiger partial charge in [0, 0.05) is 31.5 Å². The van der Waals surface area contributed by atoms with Crippen LogP contribution in [0.25, 0.3) is 0 Å². The van der Waals surface area contributed by atoms with Gasteiger partial charge in [0.15, 0.2) is 18.1 Å². The number of likely N-dealkylation sites (tertiary alicyclic amines) is 1. The van der Waals surface area contributed by atoms with Crippen LogP contribution in [-0.4, -0.2) is 35.6 Å². The van der Waals surface area contributed by atoms with Crippen LogP contribution in [0.4, 0.5) is 0 Å². The van der Waals surface area contributed by atoms with Crippen molar-refractivity contribution in [2.75, 3.05) is 20.3 Å². The first-order valence-electron chi connectivity index (χ1n) is 8.75. The SMILES string of the molecule is COc1cc(C#N)ccc1OCC(=O)N1CCCCC1c1cccn1C. The summed E-state index contributed by atoms with van der Waals surface area (Å²) in [5, 5.41) is 8.97. The van der Waals surface area contributed by atoms with Gasteiger partial charge < -0.3 is 18.9 Å². The number of hydrogen-bond donors (Lipinski definition) is 0. The van der Waals surface area contributed by atoms with Crippen molar-refractivity contribution in [3.8, 4) is 17.6 Å². The molecule has 1 unspecified atom stereocenters. The third-order valence-electron chi connectivity index (χ3n) is 4.79. The number of aromatic nitrogens is 1. The molecule has 1 aliphatic heterocycles. The van der Waals surface area contributed by atoms with Crippen LogP contribution in [0.15, 0.2) is 36.5 Å². The number of nitrogens with zero attached hydrogens (tertiary/aromatic N) is 3. The molecule has 2 heterocycles. The van der Waals surface area contributed by atoms with E-state index >= 15 is 0 Å². The molecule has 1 amide bonds.